The zero-order valence-corrected chi connectivity index (χ0v) is 20.4. The molecule has 4 rings (SSSR count). The number of hydrogen-bond donors (Lipinski definition) is 3. The molecule has 3 aromatic rings. The number of aromatic nitrogens is 3. The topological polar surface area (TPSA) is 115 Å². The molecule has 1 aromatic carbocycles. The Bertz CT molecular complexity index is 1250. The summed E-state index contributed by atoms with van der Waals surface area (Å²) in [5, 5.41) is 12.7. The molecule has 34 heavy (non-hydrogen) atoms. The number of amides is 1. The maximum atomic E-state index is 15.3. The fraction of sp³-hybridized carbons (Fsp3) is 0.458. The summed E-state index contributed by atoms with van der Waals surface area (Å²) in [6.07, 6.45) is 4.31. The fourth-order valence-electron chi connectivity index (χ4n) is 4.58. The summed E-state index contributed by atoms with van der Waals surface area (Å²) in [7, 11) is 0. The summed E-state index contributed by atoms with van der Waals surface area (Å²) >= 11 is 6.28. The SMILES string of the molecule is Cc1nc(C(C)c2cc(Cl)c(F)c(C(=O)N[C@H]3CCC[C@@H]3O)c2OC(C)C)n2ccnc(N)c12. The van der Waals surface area contributed by atoms with E-state index >= 15 is 4.39 Å². The van der Waals surface area contributed by atoms with E-state index in [2.05, 4.69) is 15.3 Å². The van der Waals surface area contributed by atoms with E-state index in [-0.39, 0.29) is 22.4 Å². The highest BCUT2D eigenvalue weighted by Gasteiger charge is 2.33. The van der Waals surface area contributed by atoms with Crippen LogP contribution in [-0.4, -0.2) is 43.6 Å². The number of nitrogens with two attached hydrogens (primary N) is 1. The van der Waals surface area contributed by atoms with E-state index in [1.165, 1.54) is 6.07 Å². The lowest BCUT2D eigenvalue weighted by Gasteiger charge is -2.24. The molecule has 0 bridgehead atoms. The van der Waals surface area contributed by atoms with Crippen LogP contribution < -0.4 is 15.8 Å². The van der Waals surface area contributed by atoms with Gasteiger partial charge in [0.1, 0.15) is 28.5 Å². The fourth-order valence-corrected chi connectivity index (χ4v) is 4.79. The van der Waals surface area contributed by atoms with Crippen LogP contribution in [0.1, 0.15) is 73.4 Å². The van der Waals surface area contributed by atoms with Gasteiger partial charge in [-0.1, -0.05) is 18.5 Å². The lowest BCUT2D eigenvalue weighted by molar-refractivity contribution is 0.0863. The molecule has 0 spiro atoms. The first kappa shape index (κ1) is 24.2. The summed E-state index contributed by atoms with van der Waals surface area (Å²) in [6.45, 7) is 7.30. The number of nitrogens with one attached hydrogen (secondary N) is 1. The smallest absolute Gasteiger partial charge is 0.258 e. The highest BCUT2D eigenvalue weighted by atomic mass is 35.5. The van der Waals surface area contributed by atoms with Gasteiger partial charge in [0.05, 0.1) is 29.0 Å². The first-order chi connectivity index (χ1) is 16.1. The van der Waals surface area contributed by atoms with Crippen molar-refractivity contribution >= 4 is 28.8 Å². The third-order valence-electron chi connectivity index (χ3n) is 6.22. The standard InChI is InChI=1S/C24H29ClFN5O3/c1-11(2)34-21-14(12(3)23-29-13(4)20-22(27)28-8-9-31(20)23)10-15(25)19(26)18(21)24(33)30-16-6-5-7-17(16)32/h8-12,16-17,32H,5-7H2,1-4H3,(H2,27,28)(H,30,33)/t12?,16-,17-/m0/s1. The molecule has 1 unspecified atom stereocenters. The van der Waals surface area contributed by atoms with Crippen molar-refractivity contribution in [1.29, 1.82) is 0 Å². The van der Waals surface area contributed by atoms with E-state index in [0.717, 1.165) is 6.42 Å². The Labute approximate surface area is 202 Å². The van der Waals surface area contributed by atoms with Crippen molar-refractivity contribution in [3.8, 4) is 5.75 Å². The Kier molecular flexibility index (Phi) is 6.69. The number of anilines is 1. The van der Waals surface area contributed by atoms with Crippen LogP contribution in [-0.2, 0) is 0 Å². The van der Waals surface area contributed by atoms with Crippen LogP contribution in [0.3, 0.4) is 0 Å². The normalized spacial score (nSPS) is 19.1. The van der Waals surface area contributed by atoms with Crippen LogP contribution in [0.15, 0.2) is 18.5 Å². The van der Waals surface area contributed by atoms with Gasteiger partial charge in [0.25, 0.3) is 5.91 Å². The van der Waals surface area contributed by atoms with E-state index in [4.69, 9.17) is 22.1 Å². The summed E-state index contributed by atoms with van der Waals surface area (Å²) < 4.78 is 23.1. The van der Waals surface area contributed by atoms with Gasteiger partial charge >= 0.3 is 0 Å². The molecular formula is C24H29ClFN5O3. The third kappa shape index (κ3) is 4.30. The molecule has 2 aromatic heterocycles. The highest BCUT2D eigenvalue weighted by molar-refractivity contribution is 6.31. The quantitative estimate of drug-likeness (QED) is 0.482. The van der Waals surface area contributed by atoms with Gasteiger partial charge in [0.2, 0.25) is 0 Å². The van der Waals surface area contributed by atoms with Gasteiger partial charge in [-0.05, 0) is 46.1 Å². The minimum atomic E-state index is -0.865. The number of rotatable bonds is 6. The number of nitrogen functional groups attached to an aromatic ring is 1. The molecule has 0 radical (unpaired) electrons. The Hall–Kier alpha value is -2.91. The van der Waals surface area contributed by atoms with E-state index in [1.54, 1.807) is 26.2 Å². The maximum absolute atomic E-state index is 15.3. The Morgan fingerprint density at radius 3 is 2.76 bits per heavy atom. The molecule has 8 nitrogen and oxygen atoms in total. The molecule has 3 atom stereocenters. The van der Waals surface area contributed by atoms with Crippen molar-refractivity contribution < 1.29 is 19.0 Å². The van der Waals surface area contributed by atoms with Crippen LogP contribution in [0.5, 0.6) is 5.75 Å². The molecule has 1 amide bonds. The zero-order chi connectivity index (χ0) is 24.7. The summed E-state index contributed by atoms with van der Waals surface area (Å²) in [5.41, 5.74) is 7.67. The van der Waals surface area contributed by atoms with Crippen LogP contribution >= 0.6 is 11.6 Å². The molecule has 1 fully saturated rings. The van der Waals surface area contributed by atoms with Crippen molar-refractivity contribution in [1.82, 2.24) is 19.7 Å². The Morgan fingerprint density at radius 1 is 1.38 bits per heavy atom. The van der Waals surface area contributed by atoms with Gasteiger partial charge in [-0.25, -0.2) is 14.4 Å². The average molecular weight is 490 g/mol. The van der Waals surface area contributed by atoms with Crippen LogP contribution in [0.25, 0.3) is 5.52 Å². The Balaban J connectivity index is 1.86. The number of aryl methyl sites for hydroxylation is 1. The van der Waals surface area contributed by atoms with E-state index in [1.807, 2.05) is 18.2 Å². The molecule has 182 valence electrons. The average Bonchev–Trinajstić information content (AvgIpc) is 3.33. The van der Waals surface area contributed by atoms with Crippen LogP contribution in [0.4, 0.5) is 10.2 Å². The monoisotopic (exact) mass is 489 g/mol. The number of carbonyl (C=O) groups is 1. The van der Waals surface area contributed by atoms with Crippen LogP contribution in [0.2, 0.25) is 5.02 Å². The number of fused-ring (bicyclic) bond motifs is 1. The largest absolute Gasteiger partial charge is 0.490 e. The van der Waals surface area contributed by atoms with Crippen LogP contribution in [0, 0.1) is 12.7 Å². The van der Waals surface area contributed by atoms with E-state index in [0.29, 0.717) is 41.3 Å². The molecule has 0 saturated heterocycles. The molecular weight excluding hydrogens is 461 g/mol. The van der Waals surface area contributed by atoms with Gasteiger partial charge in [0.15, 0.2) is 5.82 Å². The van der Waals surface area contributed by atoms with Gasteiger partial charge < -0.3 is 20.9 Å². The second-order valence-electron chi connectivity index (χ2n) is 9.02. The first-order valence-corrected chi connectivity index (χ1v) is 11.7. The van der Waals surface area contributed by atoms with Gasteiger partial charge in [-0.2, -0.15) is 0 Å². The van der Waals surface area contributed by atoms with Crippen molar-refractivity contribution in [2.75, 3.05) is 5.73 Å². The molecule has 0 aliphatic heterocycles. The first-order valence-electron chi connectivity index (χ1n) is 11.4. The predicted molar refractivity (Wildman–Crippen MR) is 128 cm³/mol. The molecule has 10 heteroatoms. The summed E-state index contributed by atoms with van der Waals surface area (Å²) in [4.78, 5) is 22.1. The maximum Gasteiger partial charge on any atom is 0.258 e. The van der Waals surface area contributed by atoms with Gasteiger partial charge in [-0.15, -0.1) is 0 Å². The molecule has 4 N–H and O–H groups in total. The van der Waals surface area contributed by atoms with Crippen molar-refractivity contribution in [3.63, 3.8) is 0 Å². The molecule has 1 saturated carbocycles. The number of aliphatic hydroxyl groups is 1. The lowest BCUT2D eigenvalue weighted by Crippen LogP contribution is -2.40. The van der Waals surface area contributed by atoms with E-state index in [9.17, 15) is 9.90 Å². The number of carbonyl (C=O) groups excluding carboxylic acids is 1. The van der Waals surface area contributed by atoms with Gasteiger partial charge in [0, 0.05) is 23.9 Å². The molecule has 2 heterocycles. The van der Waals surface area contributed by atoms with Crippen molar-refractivity contribution in [2.45, 2.75) is 71.1 Å². The number of aliphatic hydroxyl groups excluding tert-OH is 1. The van der Waals surface area contributed by atoms with Crippen molar-refractivity contribution in [3.05, 3.63) is 51.9 Å². The van der Waals surface area contributed by atoms with Gasteiger partial charge in [-0.3, -0.25) is 9.20 Å². The summed E-state index contributed by atoms with van der Waals surface area (Å²) in [5.74, 6) is -0.903. The minimum absolute atomic E-state index is 0.103. The highest BCUT2D eigenvalue weighted by Crippen LogP contribution is 2.40. The predicted octanol–water partition coefficient (Wildman–Crippen LogP) is 3.99. The molecule has 1 aliphatic rings. The number of nitrogens with zero attached hydrogens (tertiary/aromatic N) is 3. The third-order valence-corrected chi connectivity index (χ3v) is 6.49. The lowest BCUT2D eigenvalue weighted by atomic mass is 9.95. The number of ether oxygens (including phenoxy) is 1. The second kappa shape index (κ2) is 9.38. The number of hydrogen-bond acceptors (Lipinski definition) is 6. The summed E-state index contributed by atoms with van der Waals surface area (Å²) in [6, 6.07) is 1.02. The molecule has 1 aliphatic carbocycles. The van der Waals surface area contributed by atoms with Crippen molar-refractivity contribution in [2.24, 2.45) is 0 Å². The number of imidazole rings is 1. The minimum Gasteiger partial charge on any atom is -0.490 e. The number of benzene rings is 1. The zero-order valence-electron chi connectivity index (χ0n) is 19.6. The number of halogens is 2. The van der Waals surface area contributed by atoms with E-state index < -0.39 is 29.8 Å². The second-order valence-corrected chi connectivity index (χ2v) is 9.43. The Morgan fingerprint density at radius 2 is 2.12 bits per heavy atom.